The Morgan fingerprint density at radius 3 is 1.74 bits per heavy atom. The number of nitrogens with zero attached hydrogens (tertiary/aromatic N) is 1. The predicted molar refractivity (Wildman–Crippen MR) is 156 cm³/mol. The van der Waals surface area contributed by atoms with Crippen LogP contribution in [0.5, 0.6) is 0 Å². The molecule has 11 nitrogen and oxygen atoms in total. The van der Waals surface area contributed by atoms with E-state index in [1.165, 1.54) is 18.3 Å². The Kier molecular flexibility index (Phi) is 8.93. The molecule has 0 saturated carbocycles. The first kappa shape index (κ1) is 29.0. The van der Waals surface area contributed by atoms with Crippen molar-refractivity contribution in [2.24, 2.45) is 0 Å². The normalized spacial score (nSPS) is 19.5. The average Bonchev–Trinajstić information content (AvgIpc) is 3.34. The van der Waals surface area contributed by atoms with Gasteiger partial charge in [-0.25, -0.2) is 19.2 Å². The molecule has 4 aromatic rings. The van der Waals surface area contributed by atoms with Gasteiger partial charge < -0.3 is 18.9 Å². The molecule has 1 saturated heterocycles. The van der Waals surface area contributed by atoms with E-state index in [-0.39, 0.29) is 20.3 Å². The third-order valence-corrected chi connectivity index (χ3v) is 7.15. The Morgan fingerprint density at radius 1 is 0.738 bits per heavy atom. The number of carbonyl (C=O) groups excluding carboxylic acids is 3. The second kappa shape index (κ2) is 13.0. The summed E-state index contributed by atoms with van der Waals surface area (Å²) < 4.78 is 24.4. The molecule has 3 aromatic carbocycles. The molecule has 1 aliphatic rings. The number of H-pyrrole nitrogens is 1. The van der Waals surface area contributed by atoms with Gasteiger partial charge in [0.25, 0.3) is 5.56 Å². The first-order chi connectivity index (χ1) is 20.3. The van der Waals surface area contributed by atoms with Crippen LogP contribution in [0.2, 0.25) is 0 Å². The van der Waals surface area contributed by atoms with Crippen molar-refractivity contribution >= 4 is 40.5 Å². The summed E-state index contributed by atoms with van der Waals surface area (Å²) in [6.07, 6.45) is -3.99. The Balaban J connectivity index is 1.52. The van der Waals surface area contributed by atoms with E-state index in [1.54, 1.807) is 101 Å². The molecular formula is C30H23IN2O9. The van der Waals surface area contributed by atoms with Gasteiger partial charge in [0.15, 0.2) is 18.4 Å². The lowest BCUT2D eigenvalue weighted by molar-refractivity contribution is -0.0641. The maximum atomic E-state index is 13.2. The van der Waals surface area contributed by atoms with Gasteiger partial charge in [-0.15, -0.1) is 0 Å². The second-order valence-corrected chi connectivity index (χ2v) is 10.3. The van der Waals surface area contributed by atoms with Crippen LogP contribution in [0.3, 0.4) is 0 Å². The number of aromatic nitrogens is 2. The Bertz CT molecular complexity index is 1690. The lowest BCUT2D eigenvalue weighted by Gasteiger charge is -2.25. The smallest absolute Gasteiger partial charge is 0.338 e. The number of hydrogen-bond donors (Lipinski definition) is 1. The Hall–Kier alpha value is -4.56. The van der Waals surface area contributed by atoms with Crippen molar-refractivity contribution in [1.29, 1.82) is 0 Å². The predicted octanol–water partition coefficient (Wildman–Crippen LogP) is 3.35. The lowest BCUT2D eigenvalue weighted by atomic mass is 10.1. The monoisotopic (exact) mass is 682 g/mol. The van der Waals surface area contributed by atoms with Crippen molar-refractivity contribution in [2.75, 3.05) is 6.61 Å². The molecule has 12 heteroatoms. The Morgan fingerprint density at radius 2 is 1.21 bits per heavy atom. The van der Waals surface area contributed by atoms with E-state index in [1.807, 2.05) is 0 Å². The molecule has 4 atom stereocenters. The maximum Gasteiger partial charge on any atom is 0.338 e. The van der Waals surface area contributed by atoms with Crippen LogP contribution in [0.4, 0.5) is 0 Å². The van der Waals surface area contributed by atoms with Crippen LogP contribution in [0.15, 0.2) is 107 Å². The molecule has 1 N–H and O–H groups in total. The standard InChI is InChI=1S/C30H23IN2O9/c31-21-16-33(30(38)32-25(21)34)26-24(42-29(37)20-14-8-3-9-15-20)23(41-28(36)19-12-6-2-7-13-19)22(40-26)17-39-27(35)18-10-4-1-5-11-18/h1-16,22-24,26H,17H2,(H,32,34,38)/t22-,23-,24-,26-/m1/s1. The van der Waals surface area contributed by atoms with Crippen LogP contribution in [0.25, 0.3) is 0 Å². The summed E-state index contributed by atoms with van der Waals surface area (Å²) in [4.78, 5) is 66.2. The summed E-state index contributed by atoms with van der Waals surface area (Å²) in [5.41, 5.74) is -0.769. The summed E-state index contributed by atoms with van der Waals surface area (Å²) >= 11 is 1.74. The summed E-state index contributed by atoms with van der Waals surface area (Å²) in [5, 5.41) is 0. The summed E-state index contributed by atoms with van der Waals surface area (Å²) in [6.45, 7) is -0.411. The van der Waals surface area contributed by atoms with Gasteiger partial charge >= 0.3 is 23.6 Å². The van der Waals surface area contributed by atoms with Gasteiger partial charge in [0.2, 0.25) is 0 Å². The average molecular weight is 682 g/mol. The van der Waals surface area contributed by atoms with Crippen molar-refractivity contribution < 1.29 is 33.3 Å². The van der Waals surface area contributed by atoms with E-state index >= 15 is 0 Å². The molecule has 1 fully saturated rings. The fraction of sp³-hybridized carbons (Fsp3) is 0.167. The minimum atomic E-state index is -1.38. The number of esters is 3. The van der Waals surface area contributed by atoms with E-state index in [9.17, 15) is 24.0 Å². The second-order valence-electron chi connectivity index (χ2n) is 9.15. The highest BCUT2D eigenvalue weighted by atomic mass is 127. The van der Waals surface area contributed by atoms with E-state index < -0.39 is 60.3 Å². The van der Waals surface area contributed by atoms with Crippen molar-refractivity contribution in [3.05, 3.63) is 138 Å². The third kappa shape index (κ3) is 6.50. The number of aromatic amines is 1. The number of rotatable bonds is 8. The fourth-order valence-electron chi connectivity index (χ4n) is 4.33. The number of benzene rings is 3. The first-order valence-electron chi connectivity index (χ1n) is 12.7. The highest BCUT2D eigenvalue weighted by molar-refractivity contribution is 14.1. The van der Waals surface area contributed by atoms with Crippen LogP contribution in [0, 0.1) is 3.57 Å². The van der Waals surface area contributed by atoms with Crippen molar-refractivity contribution in [3.63, 3.8) is 0 Å². The van der Waals surface area contributed by atoms with Gasteiger partial charge in [0, 0.05) is 6.20 Å². The molecule has 2 heterocycles. The molecule has 0 spiro atoms. The van der Waals surface area contributed by atoms with Crippen LogP contribution in [-0.2, 0) is 18.9 Å². The van der Waals surface area contributed by atoms with Crippen LogP contribution < -0.4 is 11.2 Å². The highest BCUT2D eigenvalue weighted by Gasteiger charge is 2.51. The van der Waals surface area contributed by atoms with Gasteiger partial charge in [-0.1, -0.05) is 54.6 Å². The van der Waals surface area contributed by atoms with Gasteiger partial charge in [-0.3, -0.25) is 14.3 Å². The zero-order valence-corrected chi connectivity index (χ0v) is 23.9. The molecule has 42 heavy (non-hydrogen) atoms. The van der Waals surface area contributed by atoms with Crippen LogP contribution >= 0.6 is 22.6 Å². The molecule has 0 radical (unpaired) electrons. The summed E-state index contributed by atoms with van der Waals surface area (Å²) in [5.74, 6) is -2.19. The molecule has 0 amide bonds. The van der Waals surface area contributed by atoms with E-state index in [0.29, 0.717) is 0 Å². The molecule has 0 unspecified atom stereocenters. The van der Waals surface area contributed by atoms with Gasteiger partial charge in [0.05, 0.1) is 20.3 Å². The molecule has 214 valence electrons. The van der Waals surface area contributed by atoms with E-state index in [0.717, 1.165) is 4.57 Å². The number of ether oxygens (including phenoxy) is 4. The summed E-state index contributed by atoms with van der Waals surface area (Å²) in [7, 11) is 0. The number of hydrogen-bond acceptors (Lipinski definition) is 9. The molecule has 0 bridgehead atoms. The molecular weight excluding hydrogens is 659 g/mol. The zero-order valence-electron chi connectivity index (χ0n) is 21.8. The van der Waals surface area contributed by atoms with E-state index in [4.69, 9.17) is 18.9 Å². The SMILES string of the molecule is O=C(OC[C@H]1O[C@@H](n2cc(I)c(=O)[nH]c2=O)[C@H](OC(=O)c2ccccc2)[C@@H]1OC(=O)c1ccccc1)c1ccccc1. The maximum absolute atomic E-state index is 13.2. The Labute approximate surface area is 252 Å². The lowest BCUT2D eigenvalue weighted by Crippen LogP contribution is -2.43. The first-order valence-corrected chi connectivity index (χ1v) is 13.8. The van der Waals surface area contributed by atoms with Crippen molar-refractivity contribution in [3.8, 4) is 0 Å². The molecule has 1 aromatic heterocycles. The quantitative estimate of drug-likeness (QED) is 0.168. The van der Waals surface area contributed by atoms with Crippen LogP contribution in [0.1, 0.15) is 37.3 Å². The topological polar surface area (TPSA) is 143 Å². The van der Waals surface area contributed by atoms with Crippen molar-refractivity contribution in [1.82, 2.24) is 9.55 Å². The molecule has 5 rings (SSSR count). The van der Waals surface area contributed by atoms with E-state index in [2.05, 4.69) is 4.98 Å². The minimum Gasteiger partial charge on any atom is -0.459 e. The van der Waals surface area contributed by atoms with Crippen molar-refractivity contribution in [2.45, 2.75) is 24.5 Å². The number of carbonyl (C=O) groups is 3. The van der Waals surface area contributed by atoms with Gasteiger partial charge in [0.1, 0.15) is 12.7 Å². The highest BCUT2D eigenvalue weighted by Crippen LogP contribution is 2.35. The number of nitrogens with one attached hydrogen (secondary N) is 1. The fourth-order valence-corrected chi connectivity index (χ4v) is 4.77. The molecule has 0 aliphatic carbocycles. The third-order valence-electron chi connectivity index (χ3n) is 6.38. The molecule has 1 aliphatic heterocycles. The zero-order chi connectivity index (χ0) is 29.6. The number of halogens is 1. The van der Waals surface area contributed by atoms with Crippen LogP contribution in [-0.4, -0.2) is 52.4 Å². The van der Waals surface area contributed by atoms with Gasteiger partial charge in [-0.2, -0.15) is 0 Å². The van der Waals surface area contributed by atoms with Gasteiger partial charge in [-0.05, 0) is 59.0 Å². The summed E-state index contributed by atoms with van der Waals surface area (Å²) in [6, 6.07) is 24.4. The largest absolute Gasteiger partial charge is 0.459 e. The minimum absolute atomic E-state index is 0.153.